The number of hydrogen-bond acceptors (Lipinski definition) is 1. The van der Waals surface area contributed by atoms with Crippen molar-refractivity contribution >= 4 is 0 Å². The van der Waals surface area contributed by atoms with Gasteiger partial charge in [-0.3, -0.25) is 0 Å². The zero-order valence-electron chi connectivity index (χ0n) is 6.69. The van der Waals surface area contributed by atoms with Gasteiger partial charge in [-0.05, 0) is 19.5 Å². The number of rotatable bonds is 2. The summed E-state index contributed by atoms with van der Waals surface area (Å²) < 4.78 is 25.4. The predicted molar refractivity (Wildman–Crippen MR) is 40.5 cm³/mol. The molecule has 0 bridgehead atoms. The Bertz CT molecular complexity index is 151. The first-order chi connectivity index (χ1) is 5.04. The third-order valence-electron chi connectivity index (χ3n) is 2.19. The normalized spacial score (nSPS) is 25.7. The molecule has 1 saturated heterocycles. The van der Waals surface area contributed by atoms with Gasteiger partial charge in [-0.2, -0.15) is 0 Å². The quantitative estimate of drug-likeness (QED) is 0.599. The lowest BCUT2D eigenvalue weighted by Gasteiger charge is -2.18. The van der Waals surface area contributed by atoms with E-state index in [0.29, 0.717) is 13.0 Å². The smallest absolute Gasteiger partial charge is 0.249 e. The molecular weight excluding hydrogens is 148 g/mol. The SMILES string of the molecule is C=CN1CCC(C(C)(F)F)C1. The highest BCUT2D eigenvalue weighted by atomic mass is 19.3. The number of hydrogen-bond donors (Lipinski definition) is 0. The maximum atomic E-state index is 12.7. The molecule has 1 nitrogen and oxygen atoms in total. The Kier molecular flexibility index (Phi) is 2.16. The summed E-state index contributed by atoms with van der Waals surface area (Å²) in [6.07, 6.45) is 2.21. The van der Waals surface area contributed by atoms with Crippen molar-refractivity contribution in [3.05, 3.63) is 12.8 Å². The van der Waals surface area contributed by atoms with Crippen LogP contribution in [0, 0.1) is 5.92 Å². The van der Waals surface area contributed by atoms with E-state index in [-0.39, 0.29) is 0 Å². The summed E-state index contributed by atoms with van der Waals surface area (Å²) in [4.78, 5) is 1.84. The van der Waals surface area contributed by atoms with Gasteiger partial charge in [0.25, 0.3) is 0 Å². The van der Waals surface area contributed by atoms with Crippen LogP contribution in [0.15, 0.2) is 12.8 Å². The zero-order valence-corrected chi connectivity index (χ0v) is 6.69. The molecule has 1 unspecified atom stereocenters. The Balaban J connectivity index is 2.48. The minimum atomic E-state index is -2.53. The molecule has 1 heterocycles. The second kappa shape index (κ2) is 2.80. The van der Waals surface area contributed by atoms with E-state index in [0.717, 1.165) is 13.5 Å². The van der Waals surface area contributed by atoms with Crippen LogP contribution in [0.2, 0.25) is 0 Å². The monoisotopic (exact) mass is 161 g/mol. The van der Waals surface area contributed by atoms with E-state index >= 15 is 0 Å². The highest BCUT2D eigenvalue weighted by Gasteiger charge is 2.37. The number of halogens is 2. The first kappa shape index (κ1) is 8.50. The summed E-state index contributed by atoms with van der Waals surface area (Å²) in [6, 6.07) is 0. The summed E-state index contributed by atoms with van der Waals surface area (Å²) in [5.74, 6) is -3.02. The van der Waals surface area contributed by atoms with Crippen LogP contribution in [-0.4, -0.2) is 23.9 Å². The van der Waals surface area contributed by atoms with E-state index in [1.807, 2.05) is 4.90 Å². The molecule has 1 aliphatic rings. The second-order valence-corrected chi connectivity index (χ2v) is 3.12. The predicted octanol–water partition coefficient (Wildman–Crippen LogP) is 2.11. The fourth-order valence-electron chi connectivity index (χ4n) is 1.37. The second-order valence-electron chi connectivity index (χ2n) is 3.12. The molecule has 0 aliphatic carbocycles. The molecule has 3 heteroatoms. The van der Waals surface area contributed by atoms with Gasteiger partial charge in [0, 0.05) is 19.0 Å². The average Bonchev–Trinajstić information content (AvgIpc) is 2.32. The molecule has 11 heavy (non-hydrogen) atoms. The van der Waals surface area contributed by atoms with Crippen LogP contribution in [0.1, 0.15) is 13.3 Å². The Morgan fingerprint density at radius 2 is 2.27 bits per heavy atom. The van der Waals surface area contributed by atoms with Gasteiger partial charge in [-0.25, -0.2) is 8.78 Å². The largest absolute Gasteiger partial charge is 0.377 e. The molecule has 0 aromatic rings. The molecule has 1 fully saturated rings. The standard InChI is InChI=1S/C8H13F2N/c1-3-11-5-4-7(6-11)8(2,9)10/h3,7H,1,4-6H2,2H3. The van der Waals surface area contributed by atoms with Crippen LogP contribution in [0.25, 0.3) is 0 Å². The highest BCUT2D eigenvalue weighted by molar-refractivity contribution is 4.87. The van der Waals surface area contributed by atoms with E-state index < -0.39 is 11.8 Å². The summed E-state index contributed by atoms with van der Waals surface area (Å²) in [5, 5.41) is 0. The molecule has 0 amide bonds. The third kappa shape index (κ3) is 1.91. The van der Waals surface area contributed by atoms with Crippen molar-refractivity contribution in [2.75, 3.05) is 13.1 Å². The van der Waals surface area contributed by atoms with Gasteiger partial charge >= 0.3 is 0 Å². The van der Waals surface area contributed by atoms with E-state index in [2.05, 4.69) is 6.58 Å². The Morgan fingerprint density at radius 1 is 1.64 bits per heavy atom. The number of alkyl halides is 2. The van der Waals surface area contributed by atoms with Crippen LogP contribution in [0.3, 0.4) is 0 Å². The minimum Gasteiger partial charge on any atom is -0.377 e. The summed E-state index contributed by atoms with van der Waals surface area (Å²) >= 11 is 0. The van der Waals surface area contributed by atoms with Crippen molar-refractivity contribution in [1.29, 1.82) is 0 Å². The number of likely N-dealkylation sites (tertiary alicyclic amines) is 1. The van der Waals surface area contributed by atoms with Crippen LogP contribution < -0.4 is 0 Å². The van der Waals surface area contributed by atoms with E-state index in [9.17, 15) is 8.78 Å². The van der Waals surface area contributed by atoms with Gasteiger partial charge < -0.3 is 4.90 Å². The van der Waals surface area contributed by atoms with Crippen LogP contribution in [0.4, 0.5) is 8.78 Å². The Morgan fingerprint density at radius 3 is 2.55 bits per heavy atom. The third-order valence-corrected chi connectivity index (χ3v) is 2.19. The first-order valence-corrected chi connectivity index (χ1v) is 3.78. The summed E-state index contributed by atoms with van der Waals surface area (Å²) in [5.41, 5.74) is 0. The van der Waals surface area contributed by atoms with E-state index in [1.165, 1.54) is 0 Å². The van der Waals surface area contributed by atoms with Gasteiger partial charge in [-0.1, -0.05) is 6.58 Å². The molecule has 1 aliphatic heterocycles. The zero-order chi connectivity index (χ0) is 8.48. The maximum Gasteiger partial charge on any atom is 0.249 e. The molecule has 1 atom stereocenters. The van der Waals surface area contributed by atoms with Gasteiger partial charge in [-0.15, -0.1) is 0 Å². The average molecular weight is 161 g/mol. The molecule has 0 aromatic carbocycles. The van der Waals surface area contributed by atoms with Crippen LogP contribution in [-0.2, 0) is 0 Å². The molecule has 0 saturated carbocycles. The minimum absolute atomic E-state index is 0.451. The fraction of sp³-hybridized carbons (Fsp3) is 0.750. The van der Waals surface area contributed by atoms with Crippen molar-refractivity contribution in [2.24, 2.45) is 5.92 Å². The molecule has 64 valence electrons. The lowest BCUT2D eigenvalue weighted by atomic mass is 10.0. The molecule has 0 aromatic heterocycles. The lowest BCUT2D eigenvalue weighted by molar-refractivity contribution is -0.0339. The van der Waals surface area contributed by atoms with Crippen LogP contribution >= 0.6 is 0 Å². The molecule has 0 N–H and O–H groups in total. The molecular formula is C8H13F2N. The first-order valence-electron chi connectivity index (χ1n) is 3.78. The van der Waals surface area contributed by atoms with Crippen molar-refractivity contribution in [1.82, 2.24) is 4.90 Å². The highest BCUT2D eigenvalue weighted by Crippen LogP contribution is 2.31. The molecule has 1 rings (SSSR count). The Hall–Kier alpha value is -0.600. The van der Waals surface area contributed by atoms with E-state index in [1.54, 1.807) is 6.20 Å². The number of nitrogens with zero attached hydrogens (tertiary/aromatic N) is 1. The van der Waals surface area contributed by atoms with Crippen molar-refractivity contribution < 1.29 is 8.78 Å². The van der Waals surface area contributed by atoms with E-state index in [4.69, 9.17) is 0 Å². The van der Waals surface area contributed by atoms with Gasteiger partial charge in [0.05, 0.1) is 0 Å². The maximum absolute atomic E-state index is 12.7. The van der Waals surface area contributed by atoms with Crippen molar-refractivity contribution in [2.45, 2.75) is 19.3 Å². The van der Waals surface area contributed by atoms with Crippen LogP contribution in [0.5, 0.6) is 0 Å². The Labute approximate surface area is 65.7 Å². The van der Waals surface area contributed by atoms with Crippen molar-refractivity contribution in [3.63, 3.8) is 0 Å². The fourth-order valence-corrected chi connectivity index (χ4v) is 1.37. The molecule has 0 spiro atoms. The van der Waals surface area contributed by atoms with Crippen molar-refractivity contribution in [3.8, 4) is 0 Å². The molecule has 0 radical (unpaired) electrons. The summed E-state index contributed by atoms with van der Waals surface area (Å²) in [6.45, 7) is 5.70. The summed E-state index contributed by atoms with van der Waals surface area (Å²) in [7, 11) is 0. The van der Waals surface area contributed by atoms with Gasteiger partial charge in [0.1, 0.15) is 0 Å². The topological polar surface area (TPSA) is 3.24 Å². The lowest BCUT2D eigenvalue weighted by Crippen LogP contribution is -2.26. The van der Waals surface area contributed by atoms with Gasteiger partial charge in [0.2, 0.25) is 5.92 Å². The van der Waals surface area contributed by atoms with Gasteiger partial charge in [0.15, 0.2) is 0 Å².